The molecule has 1 spiro atoms. The Bertz CT molecular complexity index is 2660. The van der Waals surface area contributed by atoms with Crippen LogP contribution < -0.4 is 21.3 Å². The Hall–Kier alpha value is -2.63. The molecule has 0 saturated carbocycles. The zero-order chi connectivity index (χ0) is 66.3. The van der Waals surface area contributed by atoms with Crippen molar-refractivity contribution in [1.29, 1.82) is 0 Å². The smallest absolute Gasteiger partial charge is 0.243 e. The first kappa shape index (κ1) is 75.6. The van der Waals surface area contributed by atoms with Gasteiger partial charge in [0.25, 0.3) is 0 Å². The molecule has 11 fully saturated rings. The summed E-state index contributed by atoms with van der Waals surface area (Å²) < 4.78 is 61.0. The molecule has 11 aliphatic rings. The summed E-state index contributed by atoms with van der Waals surface area (Å²) >= 11 is 5.07. The predicted molar refractivity (Wildman–Crippen MR) is 344 cm³/mol. The first-order chi connectivity index (χ1) is 44.6. The van der Waals surface area contributed by atoms with Gasteiger partial charge < -0.3 is 86.5 Å². The molecule has 6 amide bonds. The van der Waals surface area contributed by atoms with Gasteiger partial charge in [0.05, 0.1) is 73.7 Å². The van der Waals surface area contributed by atoms with E-state index in [1.807, 2.05) is 0 Å². The first-order valence-electron chi connectivity index (χ1n) is 35.4. The zero-order valence-corrected chi connectivity index (χ0v) is 59.2. The molecular formula is C69H107N6O17STb-. The second kappa shape index (κ2) is 34.6. The summed E-state index contributed by atoms with van der Waals surface area (Å²) in [5.41, 5.74) is 2.05. The maximum atomic E-state index is 14.6. The van der Waals surface area contributed by atoms with Crippen LogP contribution in [0.25, 0.3) is 0 Å². The van der Waals surface area contributed by atoms with E-state index in [0.717, 1.165) is 82.1 Å². The molecule has 5 N–H and O–H groups in total. The van der Waals surface area contributed by atoms with E-state index in [2.05, 4.69) is 60.1 Å². The van der Waals surface area contributed by atoms with Crippen molar-refractivity contribution in [1.82, 2.24) is 31.1 Å². The molecule has 0 aromatic carbocycles. The van der Waals surface area contributed by atoms with Crippen LogP contribution in [0.15, 0.2) is 24.3 Å². The molecule has 23 nitrogen and oxygen atoms in total. The predicted octanol–water partition coefficient (Wildman–Crippen LogP) is 4.86. The fourth-order valence-electron chi connectivity index (χ4n) is 16.4. The van der Waals surface area contributed by atoms with Crippen molar-refractivity contribution in [2.45, 2.75) is 303 Å². The minimum atomic E-state index is -1.11. The van der Waals surface area contributed by atoms with Crippen LogP contribution >= 0.6 is 0 Å². The van der Waals surface area contributed by atoms with Gasteiger partial charge in [0, 0.05) is 116 Å². The third kappa shape index (κ3) is 18.7. The van der Waals surface area contributed by atoms with E-state index >= 15 is 0 Å². The summed E-state index contributed by atoms with van der Waals surface area (Å²) in [4.78, 5) is 97.3. The molecule has 11 heterocycles. The SMILES string of the molecule is C=C1C[C@@H]2CC[C@@]34CC5O[C@H]6[C@@H](O3)[C@H]3O[C@H](CC[C@@H]3O[C@H]6[C@H]5O4)CC(=O)C[C@@H]3[C@@H](OC)[C@@H](C[C@H](O)CNC(=O)CNC(=O)[C@H](CCCCN(CCC)CCC)NC(=O)[C@@H](NC(=O)CCCCCN4C(=O)CC([S-])C4=O)C(C)C)O[C@H]3C[C@H]3O[C@@H](CCC1O2)C[C@@H](C)C3=C.[Tb]. The van der Waals surface area contributed by atoms with Gasteiger partial charge in [-0.05, 0) is 133 Å². The summed E-state index contributed by atoms with van der Waals surface area (Å²) in [7, 11) is 1.59. The van der Waals surface area contributed by atoms with Gasteiger partial charge in [-0.15, -0.1) is 0 Å². The van der Waals surface area contributed by atoms with Crippen LogP contribution in [0.2, 0.25) is 0 Å². The number of aliphatic hydroxyl groups excluding tert-OH is 1. The van der Waals surface area contributed by atoms with E-state index in [1.54, 1.807) is 21.0 Å². The molecule has 0 aromatic heterocycles. The molecule has 0 aromatic rings. The molecule has 1 radical (unpaired) electrons. The Labute approximate surface area is 592 Å². The normalized spacial score (nSPS) is 36.4. The Morgan fingerprint density at radius 2 is 1.46 bits per heavy atom. The largest absolute Gasteiger partial charge is 0.779 e. The van der Waals surface area contributed by atoms with Crippen molar-refractivity contribution in [3.63, 3.8) is 0 Å². The first-order valence-corrected chi connectivity index (χ1v) is 35.8. The Kier molecular flexibility index (Phi) is 27.8. The number of nitrogens with one attached hydrogen (secondary N) is 4. The monoisotopic (exact) mass is 1480 g/mol. The number of likely N-dealkylation sites (tertiary alicyclic amines) is 1. The number of hydrogen-bond acceptors (Lipinski definition) is 19. The summed E-state index contributed by atoms with van der Waals surface area (Å²) in [6, 6.07) is -1.97. The van der Waals surface area contributed by atoms with Crippen LogP contribution in [0.1, 0.15) is 182 Å². The zero-order valence-electron chi connectivity index (χ0n) is 56.2. The van der Waals surface area contributed by atoms with Crippen LogP contribution in [0.4, 0.5) is 0 Å². The van der Waals surface area contributed by atoms with Crippen LogP contribution in [0.5, 0.6) is 0 Å². The van der Waals surface area contributed by atoms with Gasteiger partial charge in [-0.3, -0.25) is 38.5 Å². The molecule has 0 aliphatic carbocycles. The molecule has 3 unspecified atom stereocenters. The third-order valence-electron chi connectivity index (χ3n) is 21.3. The second-order valence-electron chi connectivity index (χ2n) is 28.8. The van der Waals surface area contributed by atoms with Crippen LogP contribution in [0.3, 0.4) is 0 Å². The van der Waals surface area contributed by atoms with Gasteiger partial charge in [-0.25, -0.2) is 0 Å². The van der Waals surface area contributed by atoms with Crippen molar-refractivity contribution < 1.29 is 120 Å². The topological polar surface area (TPSA) is 277 Å². The molecule has 94 heavy (non-hydrogen) atoms. The van der Waals surface area contributed by atoms with Crippen molar-refractivity contribution in [2.75, 3.05) is 46.4 Å². The third-order valence-corrected chi connectivity index (χ3v) is 21.7. The Balaban J connectivity index is 0.0000104. The number of unbranched alkanes of at least 4 members (excludes halogenated alkanes) is 3. The number of methoxy groups -OCH3 is 1. The van der Waals surface area contributed by atoms with Gasteiger partial charge in [-0.2, -0.15) is 0 Å². The number of ketones is 1. The number of nitrogens with zero attached hydrogens (tertiary/aromatic N) is 2. The van der Waals surface area contributed by atoms with Crippen molar-refractivity contribution >= 4 is 53.9 Å². The van der Waals surface area contributed by atoms with Crippen LogP contribution in [0, 0.1) is 56.4 Å². The molecule has 22 atom stereocenters. The van der Waals surface area contributed by atoms with Gasteiger partial charge in [0.2, 0.25) is 35.4 Å². The quantitative estimate of drug-likeness (QED) is 0.0318. The minimum absolute atomic E-state index is 0. The van der Waals surface area contributed by atoms with Gasteiger partial charge in [0.1, 0.15) is 48.4 Å². The van der Waals surface area contributed by atoms with E-state index in [9.17, 15) is 38.7 Å². The fourth-order valence-corrected chi connectivity index (χ4v) is 16.7. The van der Waals surface area contributed by atoms with E-state index < -0.39 is 89.9 Å². The average molecular weight is 1480 g/mol. The van der Waals surface area contributed by atoms with Gasteiger partial charge in [0.15, 0.2) is 5.79 Å². The number of imide groups is 1. The number of hydrogen-bond donors (Lipinski definition) is 5. The van der Waals surface area contributed by atoms with E-state index in [0.29, 0.717) is 57.8 Å². The molecule has 531 valence electrons. The molecule has 11 saturated heterocycles. The Morgan fingerprint density at radius 3 is 2.19 bits per heavy atom. The number of carbonyl (C=O) groups is 7. The standard InChI is InChI=1S/C69H108N6O17S.Tb/c1-9-24-74(25-10-2)26-15-13-16-48(72-67(82)59(38(3)4)73-56(78)17-12-11-14-27-75-58(80)34-55(93)68(75)83)66(81)71-37-57(79)70-36-43(77)32-53-60(84-8)47-31-42(76)30-45-19-21-50-61(87-45)65-64-63(89-50)62-54(90-64)35-69(91-62,92-65)23-22-46-29-40(6)49(85-46)20-18-44-28-39(5)41(7)51(86-44)33-52(47)88-53;/h38-39,43-55,59-65,77,93H,6-7,9-37H2,1-5,8H3,(H,70,79)(H,71,81)(H,72,82)(H,73,78);/p-1/t39-,43+,44+,45-,46+,47+,48+,49?,50+,51-,52+,53-,54?,55?,59+,60-,61+,62+,63+,64-,65+,69+;/m1./s1. The van der Waals surface area contributed by atoms with E-state index in [1.165, 1.54) is 4.90 Å². The minimum Gasteiger partial charge on any atom is -0.779 e. The number of ether oxygens (including phenoxy) is 9. The second-order valence-corrected chi connectivity index (χ2v) is 29.4. The van der Waals surface area contributed by atoms with E-state index in [4.69, 9.17) is 55.3 Å². The van der Waals surface area contributed by atoms with Crippen LogP contribution in [-0.2, 0) is 88.8 Å². The fraction of sp³-hybridized carbons (Fsp3) is 0.841. The summed E-state index contributed by atoms with van der Waals surface area (Å²) in [5, 5.41) is 22.2. The van der Waals surface area contributed by atoms with Crippen molar-refractivity contribution in [2.24, 2.45) is 17.8 Å². The Morgan fingerprint density at radius 1 is 0.734 bits per heavy atom. The van der Waals surface area contributed by atoms with Gasteiger partial charge in [-0.1, -0.05) is 59.4 Å². The molecule has 25 heteroatoms. The number of rotatable bonds is 27. The van der Waals surface area contributed by atoms with E-state index in [-0.39, 0.29) is 187 Å². The van der Waals surface area contributed by atoms with Crippen molar-refractivity contribution in [3.8, 4) is 0 Å². The molecular weight excluding hydrogens is 1380 g/mol. The molecule has 12 bridgehead atoms. The maximum Gasteiger partial charge on any atom is 0.243 e. The number of aliphatic hydroxyl groups is 1. The average Bonchev–Trinajstić information content (AvgIpc) is 1.55. The van der Waals surface area contributed by atoms with Gasteiger partial charge >= 0.3 is 0 Å². The summed E-state index contributed by atoms with van der Waals surface area (Å²) in [5.74, 6) is -4.08. The summed E-state index contributed by atoms with van der Waals surface area (Å²) in [6.07, 6.45) is 6.69. The molecule has 11 aliphatic heterocycles. The van der Waals surface area contributed by atoms with Crippen LogP contribution in [-0.4, -0.2) is 223 Å². The number of amides is 6. The molecule has 11 rings (SSSR count). The maximum absolute atomic E-state index is 14.6. The number of fused-ring (bicyclic) bond motifs is 6. The van der Waals surface area contributed by atoms with Crippen molar-refractivity contribution in [3.05, 3.63) is 24.3 Å². The summed E-state index contributed by atoms with van der Waals surface area (Å²) in [6.45, 7) is 21.4. The number of carbonyl (C=O) groups excluding carboxylic acids is 7. The number of Topliss-reactive ketones (excluding diaryl/α,β-unsaturated/α-hetero) is 1.